The highest BCUT2D eigenvalue weighted by Crippen LogP contribution is 2.28. The van der Waals surface area contributed by atoms with Crippen LogP contribution in [0.3, 0.4) is 0 Å². The Bertz CT molecular complexity index is 787. The lowest BCUT2D eigenvalue weighted by molar-refractivity contribution is -0.380. The zero-order valence-corrected chi connectivity index (χ0v) is 15.0. The Hall–Kier alpha value is -2.26. The van der Waals surface area contributed by atoms with Gasteiger partial charge in [0.15, 0.2) is 0 Å². The van der Waals surface area contributed by atoms with Gasteiger partial charge in [0.1, 0.15) is 4.88 Å². The van der Waals surface area contributed by atoms with Crippen LogP contribution in [0.1, 0.15) is 55.5 Å². The molecule has 1 aliphatic carbocycles. The molecule has 132 valence electrons. The molecule has 2 amide bonds. The number of nitro groups is 1. The lowest BCUT2D eigenvalue weighted by Gasteiger charge is -2.07. The van der Waals surface area contributed by atoms with Gasteiger partial charge in [-0.3, -0.25) is 30.6 Å². The smallest absolute Gasteiger partial charge is 0.266 e. The summed E-state index contributed by atoms with van der Waals surface area (Å²) in [6.45, 7) is 0. The highest BCUT2D eigenvalue weighted by Gasteiger charge is 2.18. The van der Waals surface area contributed by atoms with Gasteiger partial charge in [-0.15, -0.1) is 11.3 Å². The summed E-state index contributed by atoms with van der Waals surface area (Å²) in [5, 5.41) is 10.5. The summed E-state index contributed by atoms with van der Waals surface area (Å²) in [5.74, 6) is -0.933. The van der Waals surface area contributed by atoms with E-state index in [9.17, 15) is 19.7 Å². The molecule has 9 heteroatoms. The van der Waals surface area contributed by atoms with E-state index in [-0.39, 0.29) is 15.8 Å². The summed E-state index contributed by atoms with van der Waals surface area (Å²) in [4.78, 5) is 36.3. The van der Waals surface area contributed by atoms with E-state index in [2.05, 4.69) is 10.9 Å². The van der Waals surface area contributed by atoms with E-state index in [1.54, 1.807) is 0 Å². The number of hydrogen-bond donors (Lipinski definition) is 2. The van der Waals surface area contributed by atoms with Crippen LogP contribution in [0, 0.1) is 10.1 Å². The van der Waals surface area contributed by atoms with Crippen LogP contribution in [0.2, 0.25) is 0 Å². The first-order valence-electron chi connectivity index (χ1n) is 8.01. The number of nitrogens with one attached hydrogen (secondary N) is 2. The number of hydrogen-bond acceptors (Lipinski definition) is 6. The number of aryl methyl sites for hydroxylation is 2. The average Bonchev–Trinajstić information content (AvgIpc) is 3.20. The molecule has 0 atom stereocenters. The molecule has 2 aromatic heterocycles. The Morgan fingerprint density at radius 3 is 2.32 bits per heavy atom. The molecule has 2 aromatic rings. The fourth-order valence-corrected chi connectivity index (χ4v) is 4.61. The van der Waals surface area contributed by atoms with Crippen LogP contribution in [0.4, 0.5) is 5.00 Å². The molecule has 1 aliphatic rings. The number of carbonyl (C=O) groups excluding carboxylic acids is 2. The molecule has 0 bridgehead atoms. The molecule has 0 aromatic carbocycles. The van der Waals surface area contributed by atoms with Gasteiger partial charge in [-0.1, -0.05) is 24.2 Å². The van der Waals surface area contributed by atoms with Gasteiger partial charge in [-0.2, -0.15) is 0 Å². The van der Waals surface area contributed by atoms with Gasteiger partial charge in [0.25, 0.3) is 11.8 Å². The molecule has 0 radical (unpaired) electrons. The highest BCUT2D eigenvalue weighted by atomic mass is 32.1. The van der Waals surface area contributed by atoms with E-state index in [1.165, 1.54) is 46.8 Å². The van der Waals surface area contributed by atoms with Crippen molar-refractivity contribution in [2.75, 3.05) is 0 Å². The third-order valence-corrected chi connectivity index (χ3v) is 6.28. The summed E-state index contributed by atoms with van der Waals surface area (Å²) in [7, 11) is 0. The quantitative estimate of drug-likeness (QED) is 0.630. The molecule has 0 aliphatic heterocycles. The molecule has 0 unspecified atom stereocenters. The van der Waals surface area contributed by atoms with E-state index < -0.39 is 10.8 Å². The lowest BCUT2D eigenvalue weighted by atomic mass is 10.00. The van der Waals surface area contributed by atoms with Crippen LogP contribution >= 0.6 is 22.7 Å². The number of carbonyl (C=O) groups is 2. The second-order valence-corrected chi connectivity index (χ2v) is 7.98. The van der Waals surface area contributed by atoms with Crippen molar-refractivity contribution in [3.63, 3.8) is 0 Å². The molecule has 0 saturated heterocycles. The lowest BCUT2D eigenvalue weighted by Crippen LogP contribution is -2.41. The maximum Gasteiger partial charge on any atom is 0.324 e. The average molecular weight is 379 g/mol. The van der Waals surface area contributed by atoms with Crippen LogP contribution in [0.5, 0.6) is 0 Å². The van der Waals surface area contributed by atoms with Crippen molar-refractivity contribution in [3.05, 3.63) is 48.5 Å². The van der Waals surface area contributed by atoms with Gasteiger partial charge in [0.2, 0.25) is 0 Å². The number of thiophene rings is 2. The second kappa shape index (κ2) is 7.75. The molecule has 2 heterocycles. The molecule has 25 heavy (non-hydrogen) atoms. The maximum atomic E-state index is 12.3. The van der Waals surface area contributed by atoms with E-state index in [1.807, 2.05) is 6.07 Å². The fraction of sp³-hybridized carbons (Fsp3) is 0.375. The number of fused-ring (bicyclic) bond motifs is 1. The van der Waals surface area contributed by atoms with Crippen molar-refractivity contribution in [2.45, 2.75) is 38.5 Å². The number of rotatable bonds is 3. The molecule has 7 nitrogen and oxygen atoms in total. The summed E-state index contributed by atoms with van der Waals surface area (Å²) in [6, 6.07) is 4.53. The van der Waals surface area contributed by atoms with E-state index in [0.29, 0.717) is 4.88 Å². The fourth-order valence-electron chi connectivity index (χ4n) is 2.74. The third kappa shape index (κ3) is 4.23. The first kappa shape index (κ1) is 17.6. The van der Waals surface area contributed by atoms with Gasteiger partial charge >= 0.3 is 5.00 Å². The monoisotopic (exact) mass is 379 g/mol. The van der Waals surface area contributed by atoms with Gasteiger partial charge < -0.3 is 0 Å². The summed E-state index contributed by atoms with van der Waals surface area (Å²) >= 11 is 2.23. The van der Waals surface area contributed by atoms with Crippen molar-refractivity contribution >= 4 is 39.5 Å². The van der Waals surface area contributed by atoms with E-state index in [0.717, 1.165) is 37.0 Å². The van der Waals surface area contributed by atoms with Crippen molar-refractivity contribution in [3.8, 4) is 0 Å². The first-order valence-corrected chi connectivity index (χ1v) is 9.64. The molecule has 0 spiro atoms. The molecule has 0 saturated carbocycles. The number of amides is 2. The second-order valence-electron chi connectivity index (χ2n) is 5.78. The van der Waals surface area contributed by atoms with Crippen LogP contribution in [-0.4, -0.2) is 16.7 Å². The minimum absolute atomic E-state index is 0.116. The predicted molar refractivity (Wildman–Crippen MR) is 96.1 cm³/mol. The minimum atomic E-state index is -0.568. The zero-order chi connectivity index (χ0) is 17.8. The largest absolute Gasteiger partial charge is 0.324 e. The SMILES string of the molecule is O=C(NNC(=O)c1cc2c(s1)CCCCCC2)c1ccc([N+](=O)[O-])s1. The number of hydrazine groups is 1. The van der Waals surface area contributed by atoms with Crippen LogP contribution < -0.4 is 10.9 Å². The van der Waals surface area contributed by atoms with E-state index in [4.69, 9.17) is 0 Å². The van der Waals surface area contributed by atoms with Crippen molar-refractivity contribution < 1.29 is 14.5 Å². The van der Waals surface area contributed by atoms with Crippen LogP contribution in [0.15, 0.2) is 18.2 Å². The number of nitrogens with zero attached hydrogens (tertiary/aromatic N) is 1. The highest BCUT2D eigenvalue weighted by molar-refractivity contribution is 7.17. The zero-order valence-electron chi connectivity index (χ0n) is 13.4. The molecular formula is C16H17N3O4S2. The van der Waals surface area contributed by atoms with Crippen LogP contribution in [0.25, 0.3) is 0 Å². The Labute approximate surface area is 152 Å². The van der Waals surface area contributed by atoms with Gasteiger partial charge in [-0.25, -0.2) is 0 Å². The van der Waals surface area contributed by atoms with E-state index >= 15 is 0 Å². The Morgan fingerprint density at radius 2 is 1.64 bits per heavy atom. The van der Waals surface area contributed by atoms with Gasteiger partial charge in [-0.05, 0) is 43.4 Å². The molecule has 0 fully saturated rings. The van der Waals surface area contributed by atoms with Crippen LogP contribution in [-0.2, 0) is 12.8 Å². The summed E-state index contributed by atoms with van der Waals surface area (Å²) < 4.78 is 0. The van der Waals surface area contributed by atoms with Crippen molar-refractivity contribution in [2.24, 2.45) is 0 Å². The van der Waals surface area contributed by atoms with Gasteiger partial charge in [0.05, 0.1) is 9.80 Å². The Balaban J connectivity index is 1.61. The third-order valence-electron chi connectivity index (χ3n) is 4.01. The molecule has 3 rings (SSSR count). The predicted octanol–water partition coefficient (Wildman–Crippen LogP) is 3.45. The van der Waals surface area contributed by atoms with Gasteiger partial charge in [0, 0.05) is 10.9 Å². The summed E-state index contributed by atoms with van der Waals surface area (Å²) in [6.07, 6.45) is 6.71. The van der Waals surface area contributed by atoms with Crippen molar-refractivity contribution in [1.82, 2.24) is 10.9 Å². The van der Waals surface area contributed by atoms with Crippen molar-refractivity contribution in [1.29, 1.82) is 0 Å². The first-order chi connectivity index (χ1) is 12.0. The molecular weight excluding hydrogens is 362 g/mol. The summed E-state index contributed by atoms with van der Waals surface area (Å²) in [5.41, 5.74) is 5.93. The standard InChI is InChI=1S/C16H17N3O4S2/c20-15(12-7-8-14(25-12)19(22)23)17-18-16(21)13-9-10-5-3-1-2-4-6-11(10)24-13/h7-9H,1-6H2,(H,17,20)(H,18,21). The Morgan fingerprint density at radius 1 is 0.960 bits per heavy atom. The maximum absolute atomic E-state index is 12.3. The normalized spacial score (nSPS) is 14.1. The topological polar surface area (TPSA) is 101 Å². The minimum Gasteiger partial charge on any atom is -0.266 e. The Kier molecular flexibility index (Phi) is 5.44. The molecule has 2 N–H and O–H groups in total.